The summed E-state index contributed by atoms with van der Waals surface area (Å²) in [4.78, 5) is 9.47. The summed E-state index contributed by atoms with van der Waals surface area (Å²) >= 11 is 0. The summed E-state index contributed by atoms with van der Waals surface area (Å²) in [6, 6.07) is 2.34. The second-order valence-electron chi connectivity index (χ2n) is 6.65. The Kier molecular flexibility index (Phi) is 3.97. The van der Waals surface area contributed by atoms with Gasteiger partial charge in [0, 0.05) is 51.7 Å². The van der Waals surface area contributed by atoms with Crippen LogP contribution in [0.2, 0.25) is 0 Å². The van der Waals surface area contributed by atoms with Crippen molar-refractivity contribution >= 4 is 11.3 Å². The molecule has 2 fully saturated rings. The minimum Gasteiger partial charge on any atom is -0.395 e. The number of anilines is 1. The fraction of sp³-hybridized carbons (Fsp3) is 0.588. The van der Waals surface area contributed by atoms with Gasteiger partial charge in [0.15, 0.2) is 5.65 Å². The zero-order valence-electron chi connectivity index (χ0n) is 13.5. The zero-order valence-corrected chi connectivity index (χ0v) is 13.5. The van der Waals surface area contributed by atoms with Crippen LogP contribution in [0.25, 0.3) is 5.65 Å². The summed E-state index contributed by atoms with van der Waals surface area (Å²) < 4.78 is 2.16. The van der Waals surface area contributed by atoms with Crippen molar-refractivity contribution in [2.24, 2.45) is 5.73 Å². The van der Waals surface area contributed by atoms with Gasteiger partial charge in [-0.2, -0.15) is 0 Å². The summed E-state index contributed by atoms with van der Waals surface area (Å²) in [5, 5.41) is 9.10. The van der Waals surface area contributed by atoms with Crippen LogP contribution in [0.1, 0.15) is 30.0 Å². The van der Waals surface area contributed by atoms with E-state index in [1.807, 2.05) is 0 Å². The Bertz CT molecular complexity index is 686. The number of rotatable bonds is 5. The summed E-state index contributed by atoms with van der Waals surface area (Å²) in [5.41, 5.74) is 10.4. The number of piperazine rings is 1. The largest absolute Gasteiger partial charge is 0.395 e. The highest BCUT2D eigenvalue weighted by atomic mass is 16.3. The lowest BCUT2D eigenvalue weighted by molar-refractivity contribution is 0.189. The first kappa shape index (κ1) is 14.9. The third-order valence-electron chi connectivity index (χ3n) is 4.99. The number of aliphatic hydroxyl groups excluding tert-OH is 1. The minimum absolute atomic E-state index is 0.238. The van der Waals surface area contributed by atoms with Gasteiger partial charge in [0.1, 0.15) is 0 Å². The van der Waals surface area contributed by atoms with Crippen LogP contribution in [0.5, 0.6) is 0 Å². The smallest absolute Gasteiger partial charge is 0.160 e. The molecule has 2 aliphatic rings. The zero-order chi connectivity index (χ0) is 15.8. The standard InChI is InChI=1S/C17H25N5O/c18-10-15-12-22-11-14(13-1-2-13)9-16(17(22)19-15)21-5-3-20(4-6-21)7-8-23/h9,11-13,23H,1-8,10,18H2. The van der Waals surface area contributed by atoms with Crippen molar-refractivity contribution in [3.8, 4) is 0 Å². The third kappa shape index (κ3) is 2.94. The van der Waals surface area contributed by atoms with Gasteiger partial charge in [-0.05, 0) is 30.4 Å². The highest BCUT2D eigenvalue weighted by Gasteiger charge is 2.27. The topological polar surface area (TPSA) is 70.0 Å². The molecule has 3 N–H and O–H groups in total. The molecule has 0 spiro atoms. The van der Waals surface area contributed by atoms with Crippen LogP contribution in [0, 0.1) is 0 Å². The maximum atomic E-state index is 9.10. The van der Waals surface area contributed by atoms with E-state index in [1.165, 1.54) is 24.1 Å². The van der Waals surface area contributed by atoms with E-state index in [2.05, 4.69) is 32.7 Å². The van der Waals surface area contributed by atoms with Crippen molar-refractivity contribution in [1.29, 1.82) is 0 Å². The molecule has 3 heterocycles. The highest BCUT2D eigenvalue weighted by Crippen LogP contribution is 2.41. The summed E-state index contributed by atoms with van der Waals surface area (Å²) in [7, 11) is 0. The van der Waals surface area contributed by atoms with Gasteiger partial charge in [0.2, 0.25) is 0 Å². The lowest BCUT2D eigenvalue weighted by Gasteiger charge is -2.36. The molecule has 4 rings (SSSR count). The number of hydrogen-bond donors (Lipinski definition) is 2. The number of imidazole rings is 1. The van der Waals surface area contributed by atoms with Crippen LogP contribution in [0.4, 0.5) is 5.69 Å². The molecule has 6 heteroatoms. The molecule has 2 aromatic rings. The quantitative estimate of drug-likeness (QED) is 0.853. The molecule has 0 amide bonds. The Hall–Kier alpha value is -1.63. The molecular formula is C17H25N5O. The van der Waals surface area contributed by atoms with Crippen molar-refractivity contribution in [3.05, 3.63) is 29.7 Å². The fourth-order valence-corrected chi connectivity index (χ4v) is 3.48. The molecule has 1 saturated heterocycles. The average Bonchev–Trinajstić information content (AvgIpc) is 3.34. The van der Waals surface area contributed by atoms with E-state index in [9.17, 15) is 0 Å². The first-order chi connectivity index (χ1) is 11.3. The molecule has 1 aliphatic heterocycles. The maximum absolute atomic E-state index is 9.10. The van der Waals surface area contributed by atoms with Crippen molar-refractivity contribution in [2.45, 2.75) is 25.3 Å². The maximum Gasteiger partial charge on any atom is 0.160 e. The van der Waals surface area contributed by atoms with E-state index >= 15 is 0 Å². The second-order valence-corrected chi connectivity index (χ2v) is 6.65. The molecule has 0 unspecified atom stereocenters. The van der Waals surface area contributed by atoms with Crippen LogP contribution in [0.15, 0.2) is 18.5 Å². The molecule has 0 radical (unpaired) electrons. The van der Waals surface area contributed by atoms with Gasteiger partial charge in [-0.3, -0.25) is 4.90 Å². The Morgan fingerprint density at radius 3 is 2.61 bits per heavy atom. The Morgan fingerprint density at radius 2 is 1.96 bits per heavy atom. The summed E-state index contributed by atoms with van der Waals surface area (Å²) in [6.07, 6.45) is 6.89. The second kappa shape index (κ2) is 6.11. The molecule has 1 aliphatic carbocycles. The number of hydrogen-bond acceptors (Lipinski definition) is 5. The highest BCUT2D eigenvalue weighted by molar-refractivity contribution is 5.71. The summed E-state index contributed by atoms with van der Waals surface area (Å²) in [6.45, 7) is 5.43. The first-order valence-corrected chi connectivity index (χ1v) is 8.58. The molecule has 2 aromatic heterocycles. The van der Waals surface area contributed by atoms with Gasteiger partial charge in [0.05, 0.1) is 18.0 Å². The number of nitrogens with zero attached hydrogens (tertiary/aromatic N) is 4. The lowest BCUT2D eigenvalue weighted by Crippen LogP contribution is -2.47. The Labute approximate surface area is 136 Å². The molecule has 23 heavy (non-hydrogen) atoms. The van der Waals surface area contributed by atoms with Crippen molar-refractivity contribution < 1.29 is 5.11 Å². The molecule has 1 saturated carbocycles. The number of pyridine rings is 1. The van der Waals surface area contributed by atoms with Gasteiger partial charge < -0.3 is 20.1 Å². The number of β-amino-alcohol motifs (C(OH)–C–C–N with tert-alkyl or cyclic N) is 1. The molecular weight excluding hydrogens is 290 g/mol. The predicted molar refractivity (Wildman–Crippen MR) is 90.8 cm³/mol. The minimum atomic E-state index is 0.238. The molecule has 6 nitrogen and oxygen atoms in total. The van der Waals surface area contributed by atoms with Gasteiger partial charge in [-0.15, -0.1) is 0 Å². The van der Waals surface area contributed by atoms with E-state index in [1.54, 1.807) is 0 Å². The number of nitrogens with two attached hydrogens (primary N) is 1. The molecule has 0 atom stereocenters. The van der Waals surface area contributed by atoms with Crippen LogP contribution in [-0.4, -0.2) is 58.7 Å². The van der Waals surface area contributed by atoms with Gasteiger partial charge in [0.25, 0.3) is 0 Å². The van der Waals surface area contributed by atoms with Crippen molar-refractivity contribution in [3.63, 3.8) is 0 Å². The van der Waals surface area contributed by atoms with E-state index in [0.29, 0.717) is 6.54 Å². The lowest BCUT2D eigenvalue weighted by atomic mass is 10.1. The molecule has 124 valence electrons. The fourth-order valence-electron chi connectivity index (χ4n) is 3.48. The van der Waals surface area contributed by atoms with E-state index in [-0.39, 0.29) is 6.61 Å². The average molecular weight is 315 g/mol. The number of aromatic nitrogens is 2. The molecule has 0 bridgehead atoms. The monoisotopic (exact) mass is 315 g/mol. The van der Waals surface area contributed by atoms with Crippen LogP contribution < -0.4 is 10.6 Å². The number of fused-ring (bicyclic) bond motifs is 1. The third-order valence-corrected chi connectivity index (χ3v) is 4.99. The van der Waals surface area contributed by atoms with Gasteiger partial charge in [-0.25, -0.2) is 4.98 Å². The van der Waals surface area contributed by atoms with Gasteiger partial charge >= 0.3 is 0 Å². The van der Waals surface area contributed by atoms with Crippen LogP contribution >= 0.6 is 0 Å². The van der Waals surface area contributed by atoms with E-state index < -0.39 is 0 Å². The molecule has 0 aromatic carbocycles. The van der Waals surface area contributed by atoms with E-state index in [4.69, 9.17) is 15.8 Å². The Balaban J connectivity index is 1.66. The first-order valence-electron chi connectivity index (χ1n) is 8.58. The normalized spacial score (nSPS) is 19.7. The van der Waals surface area contributed by atoms with Crippen molar-refractivity contribution in [1.82, 2.24) is 14.3 Å². The summed E-state index contributed by atoms with van der Waals surface area (Å²) in [5.74, 6) is 0.720. The van der Waals surface area contributed by atoms with Gasteiger partial charge in [-0.1, -0.05) is 0 Å². The van der Waals surface area contributed by atoms with Crippen LogP contribution in [-0.2, 0) is 6.54 Å². The Morgan fingerprint density at radius 1 is 1.17 bits per heavy atom. The van der Waals surface area contributed by atoms with Crippen molar-refractivity contribution in [2.75, 3.05) is 44.2 Å². The number of aliphatic hydroxyl groups is 1. The van der Waals surface area contributed by atoms with Crippen LogP contribution in [0.3, 0.4) is 0 Å². The SMILES string of the molecule is NCc1cn2cc(C3CC3)cc(N3CCN(CCO)CC3)c2n1. The predicted octanol–water partition coefficient (Wildman–Crippen LogP) is 0.785. The van der Waals surface area contributed by atoms with E-state index in [0.717, 1.165) is 50.0 Å².